The number of aromatic nitrogens is 2. The lowest BCUT2D eigenvalue weighted by molar-refractivity contribution is 0.0752. The van der Waals surface area contributed by atoms with Crippen molar-refractivity contribution in [1.82, 2.24) is 14.9 Å². The van der Waals surface area contributed by atoms with E-state index < -0.39 is 0 Å². The van der Waals surface area contributed by atoms with Crippen LogP contribution in [0.4, 0.5) is 5.82 Å². The van der Waals surface area contributed by atoms with Crippen LogP contribution in [-0.4, -0.2) is 53.6 Å². The van der Waals surface area contributed by atoms with Gasteiger partial charge in [-0.2, -0.15) is 0 Å². The number of carbonyl (C=O) groups excluding carboxylic acids is 1. The molecule has 6 nitrogen and oxygen atoms in total. The normalized spacial score (nSPS) is 14.2. The van der Waals surface area contributed by atoms with Gasteiger partial charge in [0.15, 0.2) is 0 Å². The van der Waals surface area contributed by atoms with Crippen LogP contribution in [-0.2, 0) is 11.3 Å². The largest absolute Gasteiger partial charge is 0.378 e. The number of anilines is 1. The predicted octanol–water partition coefficient (Wildman–Crippen LogP) is 3.13. The van der Waals surface area contributed by atoms with Crippen molar-refractivity contribution >= 4 is 22.6 Å². The van der Waals surface area contributed by atoms with Gasteiger partial charge in [-0.1, -0.05) is 30.3 Å². The fourth-order valence-electron chi connectivity index (χ4n) is 3.52. The van der Waals surface area contributed by atoms with E-state index in [4.69, 9.17) is 4.74 Å². The molecule has 0 aliphatic carbocycles. The van der Waals surface area contributed by atoms with Crippen molar-refractivity contribution in [3.63, 3.8) is 0 Å². The molecule has 1 aliphatic rings. The smallest absolute Gasteiger partial charge is 0.254 e. The Morgan fingerprint density at radius 3 is 2.64 bits per heavy atom. The summed E-state index contributed by atoms with van der Waals surface area (Å²) in [5.41, 5.74) is 2.63. The molecule has 0 atom stereocenters. The Bertz CT molecular complexity index is 955. The summed E-state index contributed by atoms with van der Waals surface area (Å²) in [6.45, 7) is 6.20. The third kappa shape index (κ3) is 3.82. The fraction of sp³-hybridized carbons (Fsp3) is 0.318. The average molecular weight is 376 g/mol. The first-order chi connectivity index (χ1) is 13.8. The van der Waals surface area contributed by atoms with Crippen molar-refractivity contribution < 1.29 is 9.53 Å². The summed E-state index contributed by atoms with van der Waals surface area (Å²) in [7, 11) is 0. The maximum absolute atomic E-state index is 13.2. The van der Waals surface area contributed by atoms with Crippen LogP contribution >= 0.6 is 0 Å². The molecule has 4 rings (SSSR count). The third-order valence-electron chi connectivity index (χ3n) is 5.06. The number of hydrogen-bond acceptors (Lipinski definition) is 5. The van der Waals surface area contributed by atoms with Gasteiger partial charge in [-0.25, -0.2) is 9.97 Å². The molecule has 3 aromatic rings. The molecule has 28 heavy (non-hydrogen) atoms. The van der Waals surface area contributed by atoms with Crippen LogP contribution in [0, 0.1) is 0 Å². The zero-order chi connectivity index (χ0) is 19.3. The first-order valence-corrected chi connectivity index (χ1v) is 9.67. The van der Waals surface area contributed by atoms with E-state index in [9.17, 15) is 4.79 Å². The second-order valence-corrected chi connectivity index (χ2v) is 6.83. The average Bonchev–Trinajstić information content (AvgIpc) is 2.77. The quantitative estimate of drug-likeness (QED) is 0.685. The molecule has 1 saturated heterocycles. The van der Waals surface area contributed by atoms with E-state index in [1.165, 1.54) is 0 Å². The Morgan fingerprint density at radius 2 is 1.89 bits per heavy atom. The highest BCUT2D eigenvalue weighted by Gasteiger charge is 2.19. The van der Waals surface area contributed by atoms with Crippen LogP contribution in [0.3, 0.4) is 0 Å². The summed E-state index contributed by atoms with van der Waals surface area (Å²) in [4.78, 5) is 26.1. The van der Waals surface area contributed by atoms with E-state index in [0.29, 0.717) is 31.9 Å². The highest BCUT2D eigenvalue weighted by molar-refractivity contribution is 6.00. The number of amides is 1. The minimum absolute atomic E-state index is 0.0185. The highest BCUT2D eigenvalue weighted by Crippen LogP contribution is 2.25. The maximum Gasteiger partial charge on any atom is 0.254 e. The van der Waals surface area contributed by atoms with Crippen LogP contribution in [0.15, 0.2) is 54.9 Å². The molecule has 2 heterocycles. The molecular formula is C22H24N4O2. The molecule has 2 aromatic carbocycles. The van der Waals surface area contributed by atoms with Gasteiger partial charge in [0.25, 0.3) is 5.91 Å². The number of fused-ring (bicyclic) bond motifs is 1. The second-order valence-electron chi connectivity index (χ2n) is 6.83. The van der Waals surface area contributed by atoms with Gasteiger partial charge >= 0.3 is 0 Å². The fourth-order valence-corrected chi connectivity index (χ4v) is 3.52. The monoisotopic (exact) mass is 376 g/mol. The van der Waals surface area contributed by atoms with Crippen LogP contribution in [0.25, 0.3) is 10.9 Å². The number of ether oxygens (including phenoxy) is 1. The summed E-state index contributed by atoms with van der Waals surface area (Å²) < 4.78 is 5.45. The van der Waals surface area contributed by atoms with Crippen LogP contribution < -0.4 is 4.90 Å². The van der Waals surface area contributed by atoms with Gasteiger partial charge < -0.3 is 14.5 Å². The molecule has 1 aliphatic heterocycles. The van der Waals surface area contributed by atoms with E-state index in [1.807, 2.05) is 60.4 Å². The molecule has 1 aromatic heterocycles. The molecule has 1 amide bonds. The lowest BCUT2D eigenvalue weighted by Crippen LogP contribution is -2.37. The number of morpholine rings is 1. The minimum atomic E-state index is 0.0185. The highest BCUT2D eigenvalue weighted by atomic mass is 16.5. The molecule has 6 heteroatoms. The summed E-state index contributed by atoms with van der Waals surface area (Å²) in [6.07, 6.45) is 1.59. The lowest BCUT2D eigenvalue weighted by atomic mass is 10.1. The zero-order valence-corrected chi connectivity index (χ0v) is 16.0. The van der Waals surface area contributed by atoms with Gasteiger partial charge in [0, 0.05) is 37.1 Å². The predicted molar refractivity (Wildman–Crippen MR) is 109 cm³/mol. The Balaban J connectivity index is 1.65. The molecule has 1 fully saturated rings. The van der Waals surface area contributed by atoms with Crippen LogP contribution in [0.1, 0.15) is 22.8 Å². The van der Waals surface area contributed by atoms with E-state index in [0.717, 1.165) is 35.4 Å². The van der Waals surface area contributed by atoms with Crippen LogP contribution in [0.2, 0.25) is 0 Å². The van der Waals surface area contributed by atoms with E-state index in [-0.39, 0.29) is 5.91 Å². The van der Waals surface area contributed by atoms with Crippen molar-refractivity contribution in [2.45, 2.75) is 13.5 Å². The maximum atomic E-state index is 13.2. The minimum Gasteiger partial charge on any atom is -0.378 e. The Labute approximate surface area is 164 Å². The van der Waals surface area contributed by atoms with E-state index in [1.54, 1.807) is 6.33 Å². The molecular weight excluding hydrogens is 352 g/mol. The molecule has 0 unspecified atom stereocenters. The van der Waals surface area contributed by atoms with E-state index in [2.05, 4.69) is 14.9 Å². The number of nitrogens with zero attached hydrogens (tertiary/aromatic N) is 4. The molecule has 0 radical (unpaired) electrons. The standard InChI is InChI=1S/C22H24N4O2/c1-2-25(15-17-6-4-3-5-7-17)22(27)18-8-9-20-19(14-18)21(24-16-23-20)26-10-12-28-13-11-26/h3-9,14,16H,2,10-13,15H2,1H3. The summed E-state index contributed by atoms with van der Waals surface area (Å²) >= 11 is 0. The van der Waals surface area contributed by atoms with Crippen molar-refractivity contribution in [1.29, 1.82) is 0 Å². The summed E-state index contributed by atoms with van der Waals surface area (Å²) in [6, 6.07) is 15.7. The number of rotatable bonds is 5. The number of hydrogen-bond donors (Lipinski definition) is 0. The first-order valence-electron chi connectivity index (χ1n) is 9.67. The van der Waals surface area contributed by atoms with Crippen LogP contribution in [0.5, 0.6) is 0 Å². The second kappa shape index (κ2) is 8.35. The van der Waals surface area contributed by atoms with E-state index >= 15 is 0 Å². The van der Waals surface area contributed by atoms with Gasteiger partial charge in [-0.3, -0.25) is 4.79 Å². The molecule has 0 bridgehead atoms. The Kier molecular flexibility index (Phi) is 5.48. The van der Waals surface area contributed by atoms with Crippen molar-refractivity contribution in [3.8, 4) is 0 Å². The first kappa shape index (κ1) is 18.4. The molecule has 0 saturated carbocycles. The third-order valence-corrected chi connectivity index (χ3v) is 5.06. The Hall–Kier alpha value is -2.99. The molecule has 0 N–H and O–H groups in total. The number of benzene rings is 2. The SMILES string of the molecule is CCN(Cc1ccccc1)C(=O)c1ccc2ncnc(N3CCOCC3)c2c1. The van der Waals surface area contributed by atoms with Crippen molar-refractivity contribution in [3.05, 3.63) is 66.0 Å². The van der Waals surface area contributed by atoms with Crippen molar-refractivity contribution in [2.24, 2.45) is 0 Å². The molecule has 144 valence electrons. The lowest BCUT2D eigenvalue weighted by Gasteiger charge is -2.28. The number of carbonyl (C=O) groups is 1. The van der Waals surface area contributed by atoms with Crippen molar-refractivity contribution in [2.75, 3.05) is 37.7 Å². The molecule has 0 spiro atoms. The summed E-state index contributed by atoms with van der Waals surface area (Å²) in [5.74, 6) is 0.888. The zero-order valence-electron chi connectivity index (χ0n) is 16.0. The Morgan fingerprint density at radius 1 is 1.11 bits per heavy atom. The van der Waals surface area contributed by atoms with Gasteiger partial charge in [0.1, 0.15) is 12.1 Å². The van der Waals surface area contributed by atoms with Gasteiger partial charge in [-0.05, 0) is 30.7 Å². The topological polar surface area (TPSA) is 58.6 Å². The van der Waals surface area contributed by atoms with Gasteiger partial charge in [-0.15, -0.1) is 0 Å². The van der Waals surface area contributed by atoms with Gasteiger partial charge in [0.2, 0.25) is 0 Å². The van der Waals surface area contributed by atoms with Gasteiger partial charge in [0.05, 0.1) is 18.7 Å². The summed E-state index contributed by atoms with van der Waals surface area (Å²) in [5, 5.41) is 0.908.